The topological polar surface area (TPSA) is 96.9 Å². The molecule has 1 N–H and O–H groups in total. The van der Waals surface area contributed by atoms with Crippen LogP contribution in [0.5, 0.6) is 0 Å². The van der Waals surface area contributed by atoms with Crippen molar-refractivity contribution in [3.05, 3.63) is 61.7 Å². The summed E-state index contributed by atoms with van der Waals surface area (Å²) < 4.78 is 15.6. The normalized spacial score (nSPS) is 12.5. The van der Waals surface area contributed by atoms with Gasteiger partial charge in [0, 0.05) is 17.9 Å². The quantitative estimate of drug-likeness (QED) is 0.897. The summed E-state index contributed by atoms with van der Waals surface area (Å²) in [5.74, 6) is -1.12. The summed E-state index contributed by atoms with van der Waals surface area (Å²) in [6.07, 6.45) is 1.16. The summed E-state index contributed by atoms with van der Waals surface area (Å²) >= 11 is 0. The second-order valence-electron chi connectivity index (χ2n) is 5.87. The van der Waals surface area contributed by atoms with Crippen LogP contribution < -0.4 is 16.6 Å². The predicted octanol–water partition coefficient (Wildman–Crippen LogP) is 0.914. The Kier molecular flexibility index (Phi) is 4.23. The van der Waals surface area contributed by atoms with Gasteiger partial charge in [0.1, 0.15) is 24.0 Å². The van der Waals surface area contributed by atoms with Crippen LogP contribution in [0.25, 0.3) is 0 Å². The minimum Gasteiger partial charge on any atom is -0.324 e. The highest BCUT2D eigenvalue weighted by atomic mass is 19.1. The molecule has 0 spiro atoms. The Bertz CT molecular complexity index is 1030. The molecule has 0 bridgehead atoms. The van der Waals surface area contributed by atoms with Crippen molar-refractivity contribution in [3.8, 4) is 6.07 Å². The Labute approximate surface area is 141 Å². The van der Waals surface area contributed by atoms with Gasteiger partial charge in [-0.1, -0.05) is 6.07 Å². The van der Waals surface area contributed by atoms with Gasteiger partial charge in [-0.2, -0.15) is 5.26 Å². The van der Waals surface area contributed by atoms with Crippen molar-refractivity contribution in [2.75, 3.05) is 5.32 Å². The third kappa shape index (κ3) is 2.96. The number of benzene rings is 1. The number of carbonyl (C=O) groups excluding carboxylic acids is 1. The number of nitriles is 1. The van der Waals surface area contributed by atoms with Gasteiger partial charge < -0.3 is 5.32 Å². The first-order valence-corrected chi connectivity index (χ1v) is 7.75. The molecule has 0 radical (unpaired) electrons. The van der Waals surface area contributed by atoms with Crippen LogP contribution in [-0.4, -0.2) is 15.0 Å². The fourth-order valence-corrected chi connectivity index (χ4v) is 2.90. The molecule has 0 atom stereocenters. The summed E-state index contributed by atoms with van der Waals surface area (Å²) in [5.41, 5.74) is -0.402. The standard InChI is InChI=1S/C17H15FN4O3/c1-10-4-5-11(7-13(10)18)20-15(23)9-22-16(24)12(8-19)14-3-2-6-21(14)17(22)25/h4-5,7H,2-3,6,9H2,1H3,(H,20,23). The fraction of sp³-hybridized carbons (Fsp3) is 0.294. The first kappa shape index (κ1) is 16.6. The number of hydrogen-bond donors (Lipinski definition) is 1. The van der Waals surface area contributed by atoms with Gasteiger partial charge in [0.2, 0.25) is 5.91 Å². The lowest BCUT2D eigenvalue weighted by Crippen LogP contribution is -2.44. The van der Waals surface area contributed by atoms with Crippen LogP contribution in [0.4, 0.5) is 10.1 Å². The second-order valence-corrected chi connectivity index (χ2v) is 5.87. The summed E-state index contributed by atoms with van der Waals surface area (Å²) in [7, 11) is 0. The van der Waals surface area contributed by atoms with E-state index in [0.717, 1.165) is 10.6 Å². The SMILES string of the molecule is Cc1ccc(NC(=O)Cn2c(=O)c(C#N)c3n(c2=O)CCC3)cc1F. The molecular formula is C17H15FN4O3. The van der Waals surface area contributed by atoms with Gasteiger partial charge in [0.05, 0.1) is 0 Å². The zero-order chi connectivity index (χ0) is 18.1. The van der Waals surface area contributed by atoms with E-state index in [9.17, 15) is 24.0 Å². The highest BCUT2D eigenvalue weighted by molar-refractivity contribution is 5.90. The van der Waals surface area contributed by atoms with Gasteiger partial charge in [-0.25, -0.2) is 13.8 Å². The maximum Gasteiger partial charge on any atom is 0.331 e. The van der Waals surface area contributed by atoms with Crippen LogP contribution in [0.3, 0.4) is 0 Å². The minimum atomic E-state index is -0.772. The van der Waals surface area contributed by atoms with E-state index in [0.29, 0.717) is 30.6 Å². The van der Waals surface area contributed by atoms with E-state index in [-0.39, 0.29) is 11.3 Å². The van der Waals surface area contributed by atoms with Crippen LogP contribution in [-0.2, 0) is 24.3 Å². The molecule has 1 amide bonds. The van der Waals surface area contributed by atoms with Crippen molar-refractivity contribution < 1.29 is 9.18 Å². The van der Waals surface area contributed by atoms with Crippen molar-refractivity contribution in [1.82, 2.24) is 9.13 Å². The average molecular weight is 342 g/mol. The Morgan fingerprint density at radius 1 is 1.40 bits per heavy atom. The van der Waals surface area contributed by atoms with E-state index in [1.54, 1.807) is 6.92 Å². The number of carbonyl (C=O) groups is 1. The van der Waals surface area contributed by atoms with Crippen molar-refractivity contribution in [2.24, 2.45) is 0 Å². The smallest absolute Gasteiger partial charge is 0.324 e. The summed E-state index contributed by atoms with van der Waals surface area (Å²) in [6, 6.07) is 6.02. The van der Waals surface area contributed by atoms with Crippen LogP contribution in [0.1, 0.15) is 23.2 Å². The molecule has 1 aromatic carbocycles. The predicted molar refractivity (Wildman–Crippen MR) is 87.8 cm³/mol. The number of fused-ring (bicyclic) bond motifs is 1. The molecule has 0 saturated carbocycles. The zero-order valence-electron chi connectivity index (χ0n) is 13.5. The van der Waals surface area contributed by atoms with Crippen molar-refractivity contribution in [2.45, 2.75) is 32.9 Å². The van der Waals surface area contributed by atoms with Crippen molar-refractivity contribution >= 4 is 11.6 Å². The van der Waals surface area contributed by atoms with E-state index < -0.39 is 29.5 Å². The first-order chi connectivity index (χ1) is 11.9. The summed E-state index contributed by atoms with van der Waals surface area (Å²) in [6.45, 7) is 1.46. The Hall–Kier alpha value is -3.21. The molecule has 128 valence electrons. The second kappa shape index (κ2) is 6.36. The molecular weight excluding hydrogens is 327 g/mol. The van der Waals surface area contributed by atoms with Gasteiger partial charge >= 0.3 is 5.69 Å². The minimum absolute atomic E-state index is 0.105. The summed E-state index contributed by atoms with van der Waals surface area (Å²) in [4.78, 5) is 36.9. The lowest BCUT2D eigenvalue weighted by molar-refractivity contribution is -0.116. The molecule has 0 unspecified atom stereocenters. The number of amides is 1. The molecule has 0 fully saturated rings. The Balaban J connectivity index is 1.92. The highest BCUT2D eigenvalue weighted by Gasteiger charge is 2.23. The lowest BCUT2D eigenvalue weighted by atomic mass is 10.2. The van der Waals surface area contributed by atoms with Crippen LogP contribution in [0.2, 0.25) is 0 Å². The monoisotopic (exact) mass is 342 g/mol. The van der Waals surface area contributed by atoms with Gasteiger partial charge in [-0.3, -0.25) is 14.2 Å². The molecule has 25 heavy (non-hydrogen) atoms. The molecule has 1 aliphatic rings. The number of rotatable bonds is 3. The van der Waals surface area contributed by atoms with Gasteiger partial charge in [0.15, 0.2) is 0 Å². The number of aromatic nitrogens is 2. The van der Waals surface area contributed by atoms with Crippen molar-refractivity contribution in [3.63, 3.8) is 0 Å². The molecule has 1 aromatic heterocycles. The Morgan fingerprint density at radius 2 is 2.16 bits per heavy atom. The third-order valence-electron chi connectivity index (χ3n) is 4.20. The number of aryl methyl sites for hydroxylation is 1. The highest BCUT2D eigenvalue weighted by Crippen LogP contribution is 2.14. The third-order valence-corrected chi connectivity index (χ3v) is 4.20. The number of anilines is 1. The lowest BCUT2D eigenvalue weighted by Gasteiger charge is -2.11. The maximum atomic E-state index is 13.5. The Morgan fingerprint density at radius 3 is 2.84 bits per heavy atom. The molecule has 2 aromatic rings. The van der Waals surface area contributed by atoms with Gasteiger partial charge in [-0.05, 0) is 37.5 Å². The molecule has 0 aliphatic carbocycles. The number of hydrogen-bond acceptors (Lipinski definition) is 4. The van der Waals surface area contributed by atoms with E-state index in [4.69, 9.17) is 0 Å². The fourth-order valence-electron chi connectivity index (χ4n) is 2.90. The molecule has 1 aliphatic heterocycles. The molecule has 8 heteroatoms. The molecule has 3 rings (SSSR count). The van der Waals surface area contributed by atoms with Crippen LogP contribution in [0, 0.1) is 24.1 Å². The molecule has 7 nitrogen and oxygen atoms in total. The molecule has 0 saturated heterocycles. The number of nitrogens with zero attached hydrogens (tertiary/aromatic N) is 3. The van der Waals surface area contributed by atoms with Crippen LogP contribution >= 0.6 is 0 Å². The van der Waals surface area contributed by atoms with Gasteiger partial charge in [0.25, 0.3) is 5.56 Å². The maximum absolute atomic E-state index is 13.5. The average Bonchev–Trinajstić information content (AvgIpc) is 3.05. The van der Waals surface area contributed by atoms with E-state index in [2.05, 4.69) is 5.32 Å². The zero-order valence-corrected chi connectivity index (χ0v) is 13.5. The van der Waals surface area contributed by atoms with Crippen molar-refractivity contribution in [1.29, 1.82) is 5.26 Å². The number of nitrogens with one attached hydrogen (secondary N) is 1. The molecule has 2 heterocycles. The van der Waals surface area contributed by atoms with E-state index in [1.807, 2.05) is 6.07 Å². The van der Waals surface area contributed by atoms with E-state index in [1.165, 1.54) is 16.7 Å². The summed E-state index contributed by atoms with van der Waals surface area (Å²) in [5, 5.41) is 11.7. The number of halogens is 1. The largest absolute Gasteiger partial charge is 0.331 e. The van der Waals surface area contributed by atoms with Gasteiger partial charge in [-0.15, -0.1) is 0 Å². The van der Waals surface area contributed by atoms with E-state index >= 15 is 0 Å². The van der Waals surface area contributed by atoms with Crippen LogP contribution in [0.15, 0.2) is 27.8 Å². The first-order valence-electron chi connectivity index (χ1n) is 7.75.